The van der Waals surface area contributed by atoms with Crippen molar-refractivity contribution in [3.8, 4) is 0 Å². The Hall–Kier alpha value is -2.43. The summed E-state index contributed by atoms with van der Waals surface area (Å²) in [6.45, 7) is 3.93. The zero-order chi connectivity index (χ0) is 15.2. The maximum atomic E-state index is 12.1. The monoisotopic (exact) mass is 285 g/mol. The van der Waals surface area contributed by atoms with E-state index in [1.165, 1.54) is 17.0 Å². The number of aromatic nitrogens is 2. The minimum absolute atomic E-state index is 0.0339. The summed E-state index contributed by atoms with van der Waals surface area (Å²) in [7, 11) is 0. The van der Waals surface area contributed by atoms with Crippen LogP contribution in [0.3, 0.4) is 0 Å². The van der Waals surface area contributed by atoms with Crippen LogP contribution >= 0.6 is 0 Å². The van der Waals surface area contributed by atoms with E-state index in [-0.39, 0.29) is 18.0 Å². The fourth-order valence-corrected chi connectivity index (χ4v) is 2.07. The van der Waals surface area contributed by atoms with E-state index in [1.54, 1.807) is 0 Å². The predicted molar refractivity (Wildman–Crippen MR) is 82.3 cm³/mol. The summed E-state index contributed by atoms with van der Waals surface area (Å²) in [5.74, 6) is -0.232. The normalized spacial score (nSPS) is 10.4. The average molecular weight is 285 g/mol. The SMILES string of the molecule is CCc1cc(=O)n(CC(=O)Nc2ccccc2CC)cn1. The third kappa shape index (κ3) is 3.78. The zero-order valence-electron chi connectivity index (χ0n) is 12.3. The molecule has 0 aliphatic rings. The lowest BCUT2D eigenvalue weighted by Gasteiger charge is -2.10. The molecule has 1 amide bonds. The van der Waals surface area contributed by atoms with Crippen LogP contribution in [0.2, 0.25) is 0 Å². The van der Waals surface area contributed by atoms with E-state index >= 15 is 0 Å². The summed E-state index contributed by atoms with van der Waals surface area (Å²) in [5.41, 5.74) is 2.38. The number of hydrogen-bond donors (Lipinski definition) is 1. The number of nitrogens with zero attached hydrogens (tertiary/aromatic N) is 2. The molecule has 0 atom stereocenters. The van der Waals surface area contributed by atoms with Gasteiger partial charge in [0.25, 0.3) is 5.56 Å². The molecule has 5 heteroatoms. The molecule has 1 aromatic heterocycles. The first-order valence-corrected chi connectivity index (χ1v) is 7.07. The van der Waals surface area contributed by atoms with Crippen LogP contribution in [0.25, 0.3) is 0 Å². The van der Waals surface area contributed by atoms with Crippen molar-refractivity contribution >= 4 is 11.6 Å². The van der Waals surface area contributed by atoms with E-state index in [4.69, 9.17) is 0 Å². The Balaban J connectivity index is 2.10. The third-order valence-electron chi connectivity index (χ3n) is 3.28. The summed E-state index contributed by atoms with van der Waals surface area (Å²) < 4.78 is 1.31. The zero-order valence-corrected chi connectivity index (χ0v) is 12.3. The van der Waals surface area contributed by atoms with Crippen LogP contribution in [0.5, 0.6) is 0 Å². The molecule has 0 unspecified atom stereocenters. The number of anilines is 1. The highest BCUT2D eigenvalue weighted by Crippen LogP contribution is 2.15. The quantitative estimate of drug-likeness (QED) is 0.914. The number of amides is 1. The van der Waals surface area contributed by atoms with Gasteiger partial charge in [-0.25, -0.2) is 4.98 Å². The summed E-state index contributed by atoms with van der Waals surface area (Å²) in [5, 5.41) is 2.84. The van der Waals surface area contributed by atoms with E-state index in [2.05, 4.69) is 10.3 Å². The van der Waals surface area contributed by atoms with Gasteiger partial charge >= 0.3 is 0 Å². The Labute approximate surface area is 123 Å². The number of hydrogen-bond acceptors (Lipinski definition) is 3. The largest absolute Gasteiger partial charge is 0.324 e. The molecular formula is C16H19N3O2. The Kier molecular flexibility index (Phi) is 4.87. The van der Waals surface area contributed by atoms with E-state index in [0.717, 1.165) is 23.4 Å². The number of nitrogens with one attached hydrogen (secondary N) is 1. The molecular weight excluding hydrogens is 266 g/mol. The molecule has 21 heavy (non-hydrogen) atoms. The van der Waals surface area contributed by atoms with Crippen molar-refractivity contribution in [2.24, 2.45) is 0 Å². The standard InChI is InChI=1S/C16H19N3O2/c1-3-12-7-5-6-8-14(12)18-15(20)10-19-11-17-13(4-2)9-16(19)21/h5-9,11H,3-4,10H2,1-2H3,(H,18,20). The van der Waals surface area contributed by atoms with E-state index in [1.807, 2.05) is 38.1 Å². The minimum atomic E-state index is -0.232. The molecule has 0 saturated heterocycles. The van der Waals surface area contributed by atoms with Crippen molar-refractivity contribution in [2.45, 2.75) is 33.2 Å². The van der Waals surface area contributed by atoms with Crippen LogP contribution in [-0.2, 0) is 24.2 Å². The van der Waals surface area contributed by atoms with Crippen LogP contribution < -0.4 is 10.9 Å². The minimum Gasteiger partial charge on any atom is -0.324 e. The molecule has 1 aromatic carbocycles. The number of aryl methyl sites for hydroxylation is 2. The smallest absolute Gasteiger partial charge is 0.253 e. The molecule has 5 nitrogen and oxygen atoms in total. The number of benzene rings is 1. The molecule has 0 saturated carbocycles. The fourth-order valence-electron chi connectivity index (χ4n) is 2.07. The van der Waals surface area contributed by atoms with Crippen molar-refractivity contribution < 1.29 is 4.79 Å². The van der Waals surface area contributed by atoms with Gasteiger partial charge in [-0.3, -0.25) is 14.2 Å². The molecule has 0 bridgehead atoms. The van der Waals surface area contributed by atoms with Gasteiger partial charge in [-0.1, -0.05) is 32.0 Å². The highest BCUT2D eigenvalue weighted by molar-refractivity contribution is 5.91. The maximum absolute atomic E-state index is 12.1. The first-order chi connectivity index (χ1) is 10.1. The molecule has 0 radical (unpaired) electrons. The topological polar surface area (TPSA) is 64.0 Å². The van der Waals surface area contributed by atoms with Crippen LogP contribution in [0, 0.1) is 0 Å². The molecule has 110 valence electrons. The van der Waals surface area contributed by atoms with E-state index < -0.39 is 0 Å². The summed E-state index contributed by atoms with van der Waals surface area (Å²) in [4.78, 5) is 28.0. The van der Waals surface area contributed by atoms with Crippen LogP contribution in [-0.4, -0.2) is 15.5 Å². The number of carbonyl (C=O) groups is 1. The lowest BCUT2D eigenvalue weighted by molar-refractivity contribution is -0.116. The maximum Gasteiger partial charge on any atom is 0.253 e. The summed E-state index contributed by atoms with van der Waals surface area (Å²) in [6, 6.07) is 9.11. The third-order valence-corrected chi connectivity index (χ3v) is 3.28. The average Bonchev–Trinajstić information content (AvgIpc) is 2.49. The van der Waals surface area contributed by atoms with Crippen molar-refractivity contribution in [3.63, 3.8) is 0 Å². The van der Waals surface area contributed by atoms with E-state index in [9.17, 15) is 9.59 Å². The van der Waals surface area contributed by atoms with Gasteiger partial charge in [0, 0.05) is 17.4 Å². The Bertz CT molecular complexity index is 692. The van der Waals surface area contributed by atoms with Gasteiger partial charge in [-0.15, -0.1) is 0 Å². The first-order valence-electron chi connectivity index (χ1n) is 7.07. The molecule has 0 aliphatic carbocycles. The van der Waals surface area contributed by atoms with Crippen molar-refractivity contribution in [1.82, 2.24) is 9.55 Å². The first kappa shape index (κ1) is 15.0. The highest BCUT2D eigenvalue weighted by atomic mass is 16.2. The van der Waals surface area contributed by atoms with Gasteiger partial charge in [-0.05, 0) is 24.5 Å². The fraction of sp³-hybridized carbons (Fsp3) is 0.312. The summed E-state index contributed by atoms with van der Waals surface area (Å²) >= 11 is 0. The Morgan fingerprint density at radius 3 is 2.67 bits per heavy atom. The number of carbonyl (C=O) groups excluding carboxylic acids is 1. The van der Waals surface area contributed by atoms with Crippen molar-refractivity contribution in [2.75, 3.05) is 5.32 Å². The second kappa shape index (κ2) is 6.83. The van der Waals surface area contributed by atoms with Crippen LogP contribution in [0.15, 0.2) is 41.5 Å². The Morgan fingerprint density at radius 1 is 1.24 bits per heavy atom. The van der Waals surface area contributed by atoms with E-state index in [0.29, 0.717) is 6.42 Å². The second-order valence-electron chi connectivity index (χ2n) is 4.76. The van der Waals surface area contributed by atoms with Gasteiger partial charge in [0.1, 0.15) is 6.54 Å². The number of para-hydroxylation sites is 1. The van der Waals surface area contributed by atoms with Crippen molar-refractivity contribution in [3.05, 3.63) is 58.3 Å². The lowest BCUT2D eigenvalue weighted by Crippen LogP contribution is -2.28. The van der Waals surface area contributed by atoms with Crippen molar-refractivity contribution in [1.29, 1.82) is 0 Å². The Morgan fingerprint density at radius 2 is 2.00 bits per heavy atom. The van der Waals surface area contributed by atoms with Gasteiger partial charge in [0.05, 0.1) is 6.33 Å². The predicted octanol–water partition coefficient (Wildman–Crippen LogP) is 2.01. The van der Waals surface area contributed by atoms with Gasteiger partial charge in [-0.2, -0.15) is 0 Å². The number of rotatable bonds is 5. The molecule has 1 N–H and O–H groups in total. The van der Waals surface area contributed by atoms with Gasteiger partial charge < -0.3 is 5.32 Å². The lowest BCUT2D eigenvalue weighted by atomic mass is 10.1. The molecule has 0 aliphatic heterocycles. The molecule has 0 spiro atoms. The highest BCUT2D eigenvalue weighted by Gasteiger charge is 2.08. The molecule has 1 heterocycles. The second-order valence-corrected chi connectivity index (χ2v) is 4.76. The molecule has 2 aromatic rings. The molecule has 2 rings (SSSR count). The van der Waals surface area contributed by atoms with Crippen LogP contribution in [0.4, 0.5) is 5.69 Å². The van der Waals surface area contributed by atoms with Crippen LogP contribution in [0.1, 0.15) is 25.1 Å². The van der Waals surface area contributed by atoms with Gasteiger partial charge in [0.15, 0.2) is 0 Å². The molecule has 0 fully saturated rings. The van der Waals surface area contributed by atoms with Gasteiger partial charge in [0.2, 0.25) is 5.91 Å². The summed E-state index contributed by atoms with van der Waals surface area (Å²) in [6.07, 6.45) is 2.96.